The van der Waals surface area contributed by atoms with Gasteiger partial charge in [0.25, 0.3) is 0 Å². The summed E-state index contributed by atoms with van der Waals surface area (Å²) in [5, 5.41) is 7.29. The molecule has 0 unspecified atom stereocenters. The summed E-state index contributed by atoms with van der Waals surface area (Å²) in [7, 11) is 0. The Hall–Kier alpha value is -1.52. The molecule has 2 N–H and O–H groups in total. The van der Waals surface area contributed by atoms with Crippen molar-refractivity contribution in [3.8, 4) is 0 Å². The average Bonchev–Trinajstić information content (AvgIpc) is 2.78. The summed E-state index contributed by atoms with van der Waals surface area (Å²) in [4.78, 5) is 12.1. The molecular formula is C18H25ClN2O2. The summed E-state index contributed by atoms with van der Waals surface area (Å²) < 4.78 is 5.63. The molecule has 1 aliphatic heterocycles. The maximum Gasteiger partial charge on any atom is 0.224 e. The zero-order valence-corrected chi connectivity index (χ0v) is 14.8. The summed E-state index contributed by atoms with van der Waals surface area (Å²) in [6.07, 6.45) is 2.10. The molecule has 4 nitrogen and oxygen atoms in total. The zero-order valence-electron chi connectivity index (χ0n) is 13.9. The van der Waals surface area contributed by atoms with Gasteiger partial charge in [-0.15, -0.1) is 12.4 Å². The van der Waals surface area contributed by atoms with Gasteiger partial charge in [0, 0.05) is 36.5 Å². The third-order valence-corrected chi connectivity index (χ3v) is 4.47. The van der Waals surface area contributed by atoms with Crippen molar-refractivity contribution >= 4 is 29.3 Å². The molecule has 1 amide bonds. The number of hydrogen-bond donors (Lipinski definition) is 2. The number of nitrogens with one attached hydrogen (secondary N) is 2. The number of rotatable bonds is 5. The van der Waals surface area contributed by atoms with Crippen molar-refractivity contribution in [2.75, 3.05) is 19.6 Å². The number of hydrogen-bond acceptors (Lipinski definition) is 3. The molecule has 1 aromatic heterocycles. The lowest BCUT2D eigenvalue weighted by atomic mass is 9.95. The fraction of sp³-hybridized carbons (Fsp3) is 0.500. The topological polar surface area (TPSA) is 54.3 Å². The van der Waals surface area contributed by atoms with Crippen molar-refractivity contribution in [2.24, 2.45) is 5.92 Å². The monoisotopic (exact) mass is 336 g/mol. The number of fused-ring (bicyclic) bond motifs is 1. The van der Waals surface area contributed by atoms with Crippen LogP contribution in [0, 0.1) is 12.8 Å². The Kier molecular flexibility index (Phi) is 5.71. The number of carbonyl (C=O) groups excluding carboxylic acids is 1. The first kappa shape index (κ1) is 17.8. The van der Waals surface area contributed by atoms with E-state index in [-0.39, 0.29) is 18.3 Å². The first-order valence-electron chi connectivity index (χ1n) is 8.02. The highest BCUT2D eigenvalue weighted by Gasteiger charge is 2.18. The molecule has 3 rings (SSSR count). The fourth-order valence-corrected chi connectivity index (χ4v) is 2.99. The lowest BCUT2D eigenvalue weighted by molar-refractivity contribution is -0.120. The van der Waals surface area contributed by atoms with E-state index >= 15 is 0 Å². The van der Waals surface area contributed by atoms with E-state index in [2.05, 4.69) is 43.5 Å². The van der Waals surface area contributed by atoms with Gasteiger partial charge in [0.2, 0.25) is 5.91 Å². The summed E-state index contributed by atoms with van der Waals surface area (Å²) in [5.74, 6) is 1.12. The third kappa shape index (κ3) is 3.88. The summed E-state index contributed by atoms with van der Waals surface area (Å²) in [5.41, 5.74) is 4.40. The van der Waals surface area contributed by atoms with E-state index in [1.807, 2.05) is 0 Å². The van der Waals surface area contributed by atoms with Crippen LogP contribution in [0.15, 0.2) is 22.8 Å². The van der Waals surface area contributed by atoms with Gasteiger partial charge >= 0.3 is 0 Å². The van der Waals surface area contributed by atoms with Crippen molar-refractivity contribution < 1.29 is 9.21 Å². The maximum atomic E-state index is 12.1. The molecule has 0 spiro atoms. The van der Waals surface area contributed by atoms with E-state index in [1.165, 1.54) is 11.1 Å². The molecule has 126 valence electrons. The molecule has 2 heterocycles. The smallest absolute Gasteiger partial charge is 0.224 e. The lowest BCUT2D eigenvalue weighted by Gasteiger charge is -2.27. The Labute approximate surface area is 143 Å². The Morgan fingerprint density at radius 2 is 2.13 bits per heavy atom. The third-order valence-electron chi connectivity index (χ3n) is 4.47. The predicted octanol–water partition coefficient (Wildman–Crippen LogP) is 3.16. The van der Waals surface area contributed by atoms with Gasteiger partial charge in [-0.05, 0) is 36.1 Å². The van der Waals surface area contributed by atoms with E-state index in [4.69, 9.17) is 4.42 Å². The SMILES string of the molecule is Cc1cc2occ(CC(=O)NCC3CNC3)c2cc1C(C)C.Cl. The summed E-state index contributed by atoms with van der Waals surface area (Å²) in [6, 6.07) is 4.25. The molecule has 2 aromatic rings. The Morgan fingerprint density at radius 3 is 2.74 bits per heavy atom. The fourth-order valence-electron chi connectivity index (χ4n) is 2.99. The average molecular weight is 337 g/mol. The molecule has 5 heteroatoms. The number of amides is 1. The molecule has 0 atom stereocenters. The molecule has 23 heavy (non-hydrogen) atoms. The highest BCUT2D eigenvalue weighted by Crippen LogP contribution is 2.29. The minimum atomic E-state index is 0. The van der Waals surface area contributed by atoms with Crippen LogP contribution in [0.3, 0.4) is 0 Å². The van der Waals surface area contributed by atoms with Crippen LogP contribution >= 0.6 is 12.4 Å². The van der Waals surface area contributed by atoms with Crippen molar-refractivity contribution in [1.29, 1.82) is 0 Å². The van der Waals surface area contributed by atoms with Gasteiger partial charge in [-0.3, -0.25) is 4.79 Å². The number of aryl methyl sites for hydroxylation is 1. The normalized spacial score (nSPS) is 14.6. The summed E-state index contributed by atoms with van der Waals surface area (Å²) in [6.45, 7) is 9.26. The van der Waals surface area contributed by atoms with E-state index < -0.39 is 0 Å². The van der Waals surface area contributed by atoms with Gasteiger partial charge in [-0.2, -0.15) is 0 Å². The quantitative estimate of drug-likeness (QED) is 0.881. The molecule has 0 bridgehead atoms. The minimum Gasteiger partial charge on any atom is -0.464 e. The van der Waals surface area contributed by atoms with Gasteiger partial charge < -0.3 is 15.1 Å². The summed E-state index contributed by atoms with van der Waals surface area (Å²) >= 11 is 0. The van der Waals surface area contributed by atoms with E-state index in [1.54, 1.807) is 6.26 Å². The molecule has 0 saturated carbocycles. The van der Waals surface area contributed by atoms with Gasteiger partial charge in [0.1, 0.15) is 5.58 Å². The van der Waals surface area contributed by atoms with Crippen molar-refractivity contribution in [2.45, 2.75) is 33.1 Å². The van der Waals surface area contributed by atoms with Crippen LogP contribution in [0.1, 0.15) is 36.5 Å². The number of benzene rings is 1. The van der Waals surface area contributed by atoms with Gasteiger partial charge in [-0.1, -0.05) is 13.8 Å². The molecule has 1 aromatic carbocycles. The van der Waals surface area contributed by atoms with Crippen LogP contribution in [-0.4, -0.2) is 25.5 Å². The van der Waals surface area contributed by atoms with E-state index in [9.17, 15) is 4.79 Å². The van der Waals surface area contributed by atoms with Crippen molar-refractivity contribution in [1.82, 2.24) is 10.6 Å². The maximum absolute atomic E-state index is 12.1. The number of furan rings is 1. The molecule has 0 aliphatic carbocycles. The second kappa shape index (κ2) is 7.37. The molecule has 1 saturated heterocycles. The number of halogens is 1. The standard InChI is InChI=1S/C18H24N2O2.ClH/c1-11(2)15-6-16-14(10-22-17(16)4-12(15)3)5-18(21)20-9-13-7-19-8-13;/h4,6,10-11,13,19H,5,7-9H2,1-3H3,(H,20,21);1H. The van der Waals surface area contributed by atoms with Crippen molar-refractivity contribution in [3.05, 3.63) is 35.1 Å². The van der Waals surface area contributed by atoms with Crippen LogP contribution in [0.4, 0.5) is 0 Å². The highest BCUT2D eigenvalue weighted by molar-refractivity contribution is 5.88. The molecule has 0 radical (unpaired) electrons. The largest absolute Gasteiger partial charge is 0.464 e. The molecular weight excluding hydrogens is 312 g/mol. The van der Waals surface area contributed by atoms with Crippen LogP contribution in [0.5, 0.6) is 0 Å². The minimum absolute atomic E-state index is 0. The second-order valence-electron chi connectivity index (χ2n) is 6.63. The lowest BCUT2D eigenvalue weighted by Crippen LogP contribution is -2.48. The second-order valence-corrected chi connectivity index (χ2v) is 6.63. The highest BCUT2D eigenvalue weighted by atomic mass is 35.5. The molecule has 1 fully saturated rings. The van der Waals surface area contributed by atoms with Crippen LogP contribution in [0.2, 0.25) is 0 Å². The first-order chi connectivity index (χ1) is 10.5. The molecule has 1 aliphatic rings. The first-order valence-corrected chi connectivity index (χ1v) is 8.02. The van der Waals surface area contributed by atoms with Crippen LogP contribution in [-0.2, 0) is 11.2 Å². The van der Waals surface area contributed by atoms with Crippen molar-refractivity contribution in [3.63, 3.8) is 0 Å². The van der Waals surface area contributed by atoms with E-state index in [0.717, 1.165) is 36.2 Å². The van der Waals surface area contributed by atoms with E-state index in [0.29, 0.717) is 18.3 Å². The van der Waals surface area contributed by atoms with Crippen LogP contribution in [0.25, 0.3) is 11.0 Å². The zero-order chi connectivity index (χ0) is 15.7. The Balaban J connectivity index is 0.00000192. The van der Waals surface area contributed by atoms with Gasteiger partial charge in [0.05, 0.1) is 12.7 Å². The van der Waals surface area contributed by atoms with Gasteiger partial charge in [0.15, 0.2) is 0 Å². The predicted molar refractivity (Wildman–Crippen MR) is 95.4 cm³/mol. The van der Waals surface area contributed by atoms with Gasteiger partial charge in [-0.25, -0.2) is 0 Å². The van der Waals surface area contributed by atoms with Crippen LogP contribution < -0.4 is 10.6 Å². The Morgan fingerprint density at radius 1 is 1.39 bits per heavy atom. The number of carbonyl (C=O) groups is 1. The Bertz CT molecular complexity index is 690.